The maximum Gasteiger partial charge on any atom is 0.0656 e. The Morgan fingerprint density at radius 2 is 2.20 bits per heavy atom. The standard InChI is InChI=1S/C16H29N3O/c1-11(2)10-20-15-7-14(16(15,4)5)17-8-13-9-18-19(6)12(13)3/h9,11,14-15,17H,7-8,10H2,1-6H3. The molecule has 114 valence electrons. The Hall–Kier alpha value is -0.870. The van der Waals surface area contributed by atoms with Crippen molar-refractivity contribution in [2.75, 3.05) is 6.61 Å². The van der Waals surface area contributed by atoms with Gasteiger partial charge in [0.25, 0.3) is 0 Å². The van der Waals surface area contributed by atoms with E-state index in [0.29, 0.717) is 18.1 Å². The van der Waals surface area contributed by atoms with Gasteiger partial charge in [0, 0.05) is 42.9 Å². The predicted octanol–water partition coefficient (Wildman–Crippen LogP) is 2.66. The first-order valence-corrected chi connectivity index (χ1v) is 7.64. The Bertz CT molecular complexity index is 451. The third kappa shape index (κ3) is 3.07. The van der Waals surface area contributed by atoms with E-state index in [1.165, 1.54) is 11.3 Å². The zero-order valence-corrected chi connectivity index (χ0v) is 13.7. The largest absolute Gasteiger partial charge is 0.377 e. The molecule has 1 aliphatic rings. The monoisotopic (exact) mass is 279 g/mol. The zero-order valence-electron chi connectivity index (χ0n) is 13.7. The number of aryl methyl sites for hydroxylation is 1. The van der Waals surface area contributed by atoms with Gasteiger partial charge in [0.2, 0.25) is 0 Å². The second kappa shape index (κ2) is 5.86. The van der Waals surface area contributed by atoms with E-state index in [-0.39, 0.29) is 5.41 Å². The van der Waals surface area contributed by atoms with E-state index in [1.807, 2.05) is 17.9 Å². The molecule has 0 aromatic carbocycles. The van der Waals surface area contributed by atoms with Crippen molar-refractivity contribution >= 4 is 0 Å². The van der Waals surface area contributed by atoms with Crippen molar-refractivity contribution in [3.63, 3.8) is 0 Å². The molecule has 0 bridgehead atoms. The first kappa shape index (κ1) is 15.5. The number of ether oxygens (including phenoxy) is 1. The van der Waals surface area contributed by atoms with E-state index in [4.69, 9.17) is 4.74 Å². The molecule has 1 aromatic heterocycles. The molecule has 1 aromatic rings. The van der Waals surface area contributed by atoms with Gasteiger partial charge in [-0.05, 0) is 19.3 Å². The minimum absolute atomic E-state index is 0.213. The topological polar surface area (TPSA) is 39.1 Å². The minimum atomic E-state index is 0.213. The SMILES string of the molecule is Cc1c(CNC2CC(OCC(C)C)C2(C)C)cnn1C. The fraction of sp³-hybridized carbons (Fsp3) is 0.812. The third-order valence-corrected chi connectivity index (χ3v) is 4.68. The summed E-state index contributed by atoms with van der Waals surface area (Å²) in [5.41, 5.74) is 2.74. The highest BCUT2D eigenvalue weighted by atomic mass is 16.5. The van der Waals surface area contributed by atoms with Crippen molar-refractivity contribution in [2.24, 2.45) is 18.4 Å². The summed E-state index contributed by atoms with van der Waals surface area (Å²) in [5.74, 6) is 0.607. The van der Waals surface area contributed by atoms with Crippen LogP contribution in [-0.2, 0) is 18.3 Å². The highest BCUT2D eigenvalue weighted by Crippen LogP contribution is 2.43. The molecule has 1 N–H and O–H groups in total. The lowest BCUT2D eigenvalue weighted by atomic mass is 9.64. The molecule has 1 heterocycles. The van der Waals surface area contributed by atoms with Crippen LogP contribution in [0, 0.1) is 18.3 Å². The molecular formula is C16H29N3O. The first-order valence-electron chi connectivity index (χ1n) is 7.64. The molecule has 2 atom stereocenters. The second-order valence-electron chi connectivity index (χ2n) is 7.09. The third-order valence-electron chi connectivity index (χ3n) is 4.68. The number of nitrogens with one attached hydrogen (secondary N) is 1. The molecular weight excluding hydrogens is 250 g/mol. The summed E-state index contributed by atoms with van der Waals surface area (Å²) in [6.45, 7) is 12.9. The van der Waals surface area contributed by atoms with Crippen molar-refractivity contribution in [1.29, 1.82) is 0 Å². The predicted molar refractivity (Wildman–Crippen MR) is 81.5 cm³/mol. The summed E-state index contributed by atoms with van der Waals surface area (Å²) >= 11 is 0. The van der Waals surface area contributed by atoms with Crippen molar-refractivity contribution in [1.82, 2.24) is 15.1 Å². The average Bonchev–Trinajstić information content (AvgIpc) is 2.68. The molecule has 1 aliphatic carbocycles. The Labute approximate surface area is 122 Å². The van der Waals surface area contributed by atoms with E-state index in [2.05, 4.69) is 45.0 Å². The van der Waals surface area contributed by atoms with Gasteiger partial charge in [-0.2, -0.15) is 5.10 Å². The molecule has 0 aliphatic heterocycles. The Balaban J connectivity index is 1.82. The van der Waals surface area contributed by atoms with Crippen LogP contribution in [-0.4, -0.2) is 28.5 Å². The highest BCUT2D eigenvalue weighted by Gasteiger charge is 2.48. The molecule has 4 nitrogen and oxygen atoms in total. The smallest absolute Gasteiger partial charge is 0.0656 e. The fourth-order valence-corrected chi connectivity index (χ4v) is 2.77. The average molecular weight is 279 g/mol. The lowest BCUT2D eigenvalue weighted by molar-refractivity contribution is -0.124. The lowest BCUT2D eigenvalue weighted by Gasteiger charge is -2.52. The molecule has 2 unspecified atom stereocenters. The van der Waals surface area contributed by atoms with Crippen LogP contribution in [0.25, 0.3) is 0 Å². The molecule has 20 heavy (non-hydrogen) atoms. The maximum atomic E-state index is 6.01. The van der Waals surface area contributed by atoms with E-state index in [9.17, 15) is 0 Å². The molecule has 1 saturated carbocycles. The maximum absolute atomic E-state index is 6.01. The van der Waals surface area contributed by atoms with Gasteiger partial charge in [0.15, 0.2) is 0 Å². The first-order chi connectivity index (χ1) is 9.32. The number of hydrogen-bond donors (Lipinski definition) is 1. The van der Waals surface area contributed by atoms with Gasteiger partial charge in [-0.15, -0.1) is 0 Å². The molecule has 0 spiro atoms. The van der Waals surface area contributed by atoms with Crippen molar-refractivity contribution < 1.29 is 4.74 Å². The van der Waals surface area contributed by atoms with Gasteiger partial charge < -0.3 is 10.1 Å². The Morgan fingerprint density at radius 3 is 2.70 bits per heavy atom. The van der Waals surface area contributed by atoms with Crippen LogP contribution in [0.1, 0.15) is 45.4 Å². The van der Waals surface area contributed by atoms with Gasteiger partial charge in [0.1, 0.15) is 0 Å². The minimum Gasteiger partial charge on any atom is -0.377 e. The van der Waals surface area contributed by atoms with Gasteiger partial charge in [0.05, 0.1) is 12.3 Å². The summed E-state index contributed by atoms with van der Waals surface area (Å²) in [6.07, 6.45) is 3.46. The van der Waals surface area contributed by atoms with E-state index < -0.39 is 0 Å². The molecule has 2 rings (SSSR count). The van der Waals surface area contributed by atoms with E-state index >= 15 is 0 Å². The summed E-state index contributed by atoms with van der Waals surface area (Å²) in [4.78, 5) is 0. The van der Waals surface area contributed by atoms with E-state index in [0.717, 1.165) is 19.6 Å². The summed E-state index contributed by atoms with van der Waals surface area (Å²) in [7, 11) is 1.99. The van der Waals surface area contributed by atoms with Crippen molar-refractivity contribution in [3.05, 3.63) is 17.5 Å². The molecule has 0 amide bonds. The van der Waals surface area contributed by atoms with Crippen molar-refractivity contribution in [2.45, 2.75) is 59.7 Å². The van der Waals surface area contributed by atoms with Crippen LogP contribution < -0.4 is 5.32 Å². The summed E-state index contributed by atoms with van der Waals surface area (Å²) in [6, 6.07) is 0.527. The van der Waals surface area contributed by atoms with Gasteiger partial charge in [-0.1, -0.05) is 27.7 Å². The van der Waals surface area contributed by atoms with Crippen LogP contribution in [0.4, 0.5) is 0 Å². The van der Waals surface area contributed by atoms with Crippen LogP contribution >= 0.6 is 0 Å². The normalized spacial score (nSPS) is 24.9. The van der Waals surface area contributed by atoms with Gasteiger partial charge >= 0.3 is 0 Å². The van der Waals surface area contributed by atoms with Gasteiger partial charge in [-0.3, -0.25) is 4.68 Å². The Morgan fingerprint density at radius 1 is 1.50 bits per heavy atom. The lowest BCUT2D eigenvalue weighted by Crippen LogP contribution is -2.60. The number of rotatable bonds is 6. The van der Waals surface area contributed by atoms with Crippen LogP contribution in [0.15, 0.2) is 6.20 Å². The van der Waals surface area contributed by atoms with E-state index in [1.54, 1.807) is 0 Å². The summed E-state index contributed by atoms with van der Waals surface area (Å²) in [5, 5.41) is 7.95. The highest BCUT2D eigenvalue weighted by molar-refractivity contribution is 5.16. The summed E-state index contributed by atoms with van der Waals surface area (Å²) < 4.78 is 7.94. The number of nitrogens with zero attached hydrogens (tertiary/aromatic N) is 2. The number of hydrogen-bond acceptors (Lipinski definition) is 3. The molecule has 4 heteroatoms. The molecule has 0 saturated heterocycles. The van der Waals surface area contributed by atoms with Crippen molar-refractivity contribution in [3.8, 4) is 0 Å². The Kier molecular flexibility index (Phi) is 4.55. The van der Waals surface area contributed by atoms with Crippen LogP contribution in [0.5, 0.6) is 0 Å². The van der Waals surface area contributed by atoms with Crippen LogP contribution in [0.2, 0.25) is 0 Å². The molecule has 1 fully saturated rings. The second-order valence-corrected chi connectivity index (χ2v) is 7.09. The quantitative estimate of drug-likeness (QED) is 0.870. The zero-order chi connectivity index (χ0) is 14.9. The fourth-order valence-electron chi connectivity index (χ4n) is 2.77. The molecule has 0 radical (unpaired) electrons. The van der Waals surface area contributed by atoms with Gasteiger partial charge in [-0.25, -0.2) is 0 Å². The van der Waals surface area contributed by atoms with Crippen LogP contribution in [0.3, 0.4) is 0 Å². The number of aromatic nitrogens is 2.